The van der Waals surface area contributed by atoms with Gasteiger partial charge in [-0.2, -0.15) is 0 Å². The fraction of sp³-hybridized carbons (Fsp3) is 0.538. The van der Waals surface area contributed by atoms with E-state index in [1.165, 1.54) is 11.1 Å². The number of sulfonamides is 1. The van der Waals surface area contributed by atoms with Crippen LogP contribution < -0.4 is 10.0 Å². The second-order valence-corrected chi connectivity index (χ2v) is 6.30. The van der Waals surface area contributed by atoms with Crippen molar-refractivity contribution in [2.75, 3.05) is 19.6 Å². The van der Waals surface area contributed by atoms with Crippen LogP contribution in [0.4, 0.5) is 0 Å². The SMILES string of the molecule is CCNCCNS(=O)(=O)c1ccc2c(c1)CCC2. The molecule has 0 amide bonds. The monoisotopic (exact) mass is 268 g/mol. The summed E-state index contributed by atoms with van der Waals surface area (Å²) in [5.41, 5.74) is 2.48. The van der Waals surface area contributed by atoms with Crippen molar-refractivity contribution in [2.45, 2.75) is 31.1 Å². The van der Waals surface area contributed by atoms with E-state index in [-0.39, 0.29) is 0 Å². The zero-order chi connectivity index (χ0) is 13.0. The first-order valence-corrected chi connectivity index (χ1v) is 7.94. The molecule has 0 aromatic heterocycles. The number of hydrogen-bond donors (Lipinski definition) is 2. The molecule has 1 aromatic carbocycles. The normalized spacial score (nSPS) is 14.7. The maximum atomic E-state index is 12.1. The molecular formula is C13H20N2O2S. The molecule has 0 fully saturated rings. The topological polar surface area (TPSA) is 58.2 Å². The predicted octanol–water partition coefficient (Wildman–Crippen LogP) is 1.06. The van der Waals surface area contributed by atoms with Crippen LogP contribution in [0, 0.1) is 0 Å². The number of fused-ring (bicyclic) bond motifs is 1. The lowest BCUT2D eigenvalue weighted by Gasteiger charge is -2.08. The van der Waals surface area contributed by atoms with Gasteiger partial charge in [0.1, 0.15) is 0 Å². The summed E-state index contributed by atoms with van der Waals surface area (Å²) in [5, 5.41) is 3.09. The Labute approximate surface area is 109 Å². The molecule has 1 aliphatic rings. The number of nitrogens with one attached hydrogen (secondary N) is 2. The van der Waals surface area contributed by atoms with Gasteiger partial charge in [0.15, 0.2) is 0 Å². The summed E-state index contributed by atoms with van der Waals surface area (Å²) in [6, 6.07) is 5.47. The van der Waals surface area contributed by atoms with E-state index >= 15 is 0 Å². The molecule has 0 atom stereocenters. The summed E-state index contributed by atoms with van der Waals surface area (Å²) in [7, 11) is -3.35. The van der Waals surface area contributed by atoms with E-state index in [0.717, 1.165) is 25.8 Å². The highest BCUT2D eigenvalue weighted by Gasteiger charge is 2.17. The van der Waals surface area contributed by atoms with Gasteiger partial charge in [0, 0.05) is 13.1 Å². The lowest BCUT2D eigenvalue weighted by molar-refractivity contribution is 0.577. The molecule has 0 saturated heterocycles. The molecular weight excluding hydrogens is 248 g/mol. The molecule has 0 aliphatic heterocycles. The van der Waals surface area contributed by atoms with Gasteiger partial charge in [-0.1, -0.05) is 13.0 Å². The van der Waals surface area contributed by atoms with Crippen molar-refractivity contribution in [3.63, 3.8) is 0 Å². The highest BCUT2D eigenvalue weighted by Crippen LogP contribution is 2.24. The van der Waals surface area contributed by atoms with Crippen LogP contribution in [0.5, 0.6) is 0 Å². The van der Waals surface area contributed by atoms with Crippen LogP contribution >= 0.6 is 0 Å². The molecule has 2 N–H and O–H groups in total. The Hall–Kier alpha value is -0.910. The zero-order valence-corrected chi connectivity index (χ0v) is 11.5. The van der Waals surface area contributed by atoms with Gasteiger partial charge >= 0.3 is 0 Å². The third-order valence-corrected chi connectivity index (χ3v) is 4.68. The third-order valence-electron chi connectivity index (χ3n) is 3.22. The summed E-state index contributed by atoms with van der Waals surface area (Å²) in [6.45, 7) is 3.92. The maximum Gasteiger partial charge on any atom is 0.240 e. The standard InChI is InChI=1S/C13H20N2O2S/c1-2-14-8-9-15-18(16,17)13-7-6-11-4-3-5-12(11)10-13/h6-7,10,14-15H,2-5,8-9H2,1H3. The molecule has 0 spiro atoms. The predicted molar refractivity (Wildman–Crippen MR) is 72.2 cm³/mol. The van der Waals surface area contributed by atoms with Gasteiger partial charge in [0.25, 0.3) is 0 Å². The average Bonchev–Trinajstić information content (AvgIpc) is 2.82. The number of benzene rings is 1. The van der Waals surface area contributed by atoms with Crippen LogP contribution in [0.3, 0.4) is 0 Å². The quantitative estimate of drug-likeness (QED) is 0.759. The Morgan fingerprint density at radius 3 is 2.72 bits per heavy atom. The van der Waals surface area contributed by atoms with Crippen LogP contribution in [0.1, 0.15) is 24.5 Å². The van der Waals surface area contributed by atoms with Gasteiger partial charge < -0.3 is 5.32 Å². The van der Waals surface area contributed by atoms with Crippen molar-refractivity contribution in [3.05, 3.63) is 29.3 Å². The fourth-order valence-electron chi connectivity index (χ4n) is 2.25. The van der Waals surface area contributed by atoms with Crippen molar-refractivity contribution in [2.24, 2.45) is 0 Å². The van der Waals surface area contributed by atoms with Gasteiger partial charge in [-0.3, -0.25) is 0 Å². The van der Waals surface area contributed by atoms with Crippen LogP contribution in [0.15, 0.2) is 23.1 Å². The molecule has 1 aliphatic carbocycles. The Morgan fingerprint density at radius 1 is 1.17 bits per heavy atom. The van der Waals surface area contributed by atoms with Gasteiger partial charge in [0.05, 0.1) is 4.90 Å². The first-order valence-electron chi connectivity index (χ1n) is 6.45. The van der Waals surface area contributed by atoms with E-state index in [1.54, 1.807) is 6.07 Å². The van der Waals surface area contributed by atoms with Crippen molar-refractivity contribution < 1.29 is 8.42 Å². The Morgan fingerprint density at radius 2 is 1.94 bits per heavy atom. The molecule has 1 aromatic rings. The van der Waals surface area contributed by atoms with Crippen molar-refractivity contribution >= 4 is 10.0 Å². The summed E-state index contributed by atoms with van der Waals surface area (Å²) in [6.07, 6.45) is 3.20. The van der Waals surface area contributed by atoms with Gasteiger partial charge in [0.2, 0.25) is 10.0 Å². The highest BCUT2D eigenvalue weighted by atomic mass is 32.2. The fourth-order valence-corrected chi connectivity index (χ4v) is 3.33. The Bertz CT molecular complexity index is 512. The van der Waals surface area contributed by atoms with Crippen LogP contribution in [-0.2, 0) is 22.9 Å². The van der Waals surface area contributed by atoms with Crippen molar-refractivity contribution in [3.8, 4) is 0 Å². The molecule has 0 radical (unpaired) electrons. The number of hydrogen-bond acceptors (Lipinski definition) is 3. The average molecular weight is 268 g/mol. The van der Waals surface area contributed by atoms with E-state index in [0.29, 0.717) is 18.0 Å². The second kappa shape index (κ2) is 5.82. The summed E-state index contributed by atoms with van der Waals surface area (Å²) < 4.78 is 26.7. The second-order valence-electron chi connectivity index (χ2n) is 4.54. The Kier molecular flexibility index (Phi) is 4.37. The van der Waals surface area contributed by atoms with E-state index in [9.17, 15) is 8.42 Å². The minimum atomic E-state index is -3.35. The molecule has 4 nitrogen and oxygen atoms in total. The molecule has 0 unspecified atom stereocenters. The summed E-state index contributed by atoms with van der Waals surface area (Å²) in [4.78, 5) is 0.389. The lowest BCUT2D eigenvalue weighted by Crippen LogP contribution is -2.31. The first-order chi connectivity index (χ1) is 8.63. The first kappa shape index (κ1) is 13.5. The van der Waals surface area contributed by atoms with Crippen LogP contribution in [-0.4, -0.2) is 28.1 Å². The minimum absolute atomic E-state index is 0.389. The van der Waals surface area contributed by atoms with E-state index in [1.807, 2.05) is 19.1 Å². The molecule has 0 bridgehead atoms. The molecule has 0 saturated carbocycles. The Balaban J connectivity index is 2.05. The van der Waals surface area contributed by atoms with Gasteiger partial charge in [-0.15, -0.1) is 0 Å². The van der Waals surface area contributed by atoms with Crippen LogP contribution in [0.25, 0.3) is 0 Å². The zero-order valence-electron chi connectivity index (χ0n) is 10.7. The largest absolute Gasteiger partial charge is 0.316 e. The third kappa shape index (κ3) is 3.10. The molecule has 18 heavy (non-hydrogen) atoms. The molecule has 2 rings (SSSR count). The molecule has 0 heterocycles. The number of aryl methyl sites for hydroxylation is 2. The minimum Gasteiger partial charge on any atom is -0.316 e. The lowest BCUT2D eigenvalue weighted by atomic mass is 10.1. The molecule has 100 valence electrons. The number of rotatable bonds is 6. The smallest absolute Gasteiger partial charge is 0.240 e. The summed E-state index contributed by atoms with van der Waals surface area (Å²) >= 11 is 0. The van der Waals surface area contributed by atoms with Gasteiger partial charge in [-0.25, -0.2) is 13.1 Å². The molecule has 5 heteroatoms. The van der Waals surface area contributed by atoms with Crippen molar-refractivity contribution in [1.82, 2.24) is 10.0 Å². The van der Waals surface area contributed by atoms with Gasteiger partial charge in [-0.05, 0) is 49.1 Å². The van der Waals surface area contributed by atoms with E-state index in [2.05, 4.69) is 10.0 Å². The number of likely N-dealkylation sites (N-methyl/N-ethyl adjacent to an activating group) is 1. The highest BCUT2D eigenvalue weighted by molar-refractivity contribution is 7.89. The van der Waals surface area contributed by atoms with Crippen molar-refractivity contribution in [1.29, 1.82) is 0 Å². The van der Waals surface area contributed by atoms with Crippen LogP contribution in [0.2, 0.25) is 0 Å². The van der Waals surface area contributed by atoms with E-state index in [4.69, 9.17) is 0 Å². The maximum absolute atomic E-state index is 12.1. The summed E-state index contributed by atoms with van der Waals surface area (Å²) in [5.74, 6) is 0. The van der Waals surface area contributed by atoms with E-state index < -0.39 is 10.0 Å².